The van der Waals surface area contributed by atoms with Crippen molar-refractivity contribution in [2.45, 2.75) is 0 Å². The van der Waals surface area contributed by atoms with Gasteiger partial charge in [-0.1, -0.05) is 40.4 Å². The van der Waals surface area contributed by atoms with Gasteiger partial charge in [0.25, 0.3) is 11.8 Å². The molecule has 3 aromatic rings. The van der Waals surface area contributed by atoms with Crippen LogP contribution in [0.2, 0.25) is 10.0 Å². The van der Waals surface area contributed by atoms with Crippen LogP contribution in [0, 0.1) is 0 Å². The number of carbonyl (C=O) groups is 3. The molecule has 0 unspecified atom stereocenters. The van der Waals surface area contributed by atoms with Gasteiger partial charge in [-0.25, -0.2) is 4.79 Å². The van der Waals surface area contributed by atoms with Crippen molar-refractivity contribution >= 4 is 51.9 Å². The van der Waals surface area contributed by atoms with Crippen LogP contribution in [0.25, 0.3) is 10.9 Å². The zero-order chi connectivity index (χ0) is 19.3. The largest absolute Gasteiger partial charge is 0.369 e. The molecule has 0 fully saturated rings. The third-order valence-corrected chi connectivity index (χ3v) is 4.79. The number of carbonyl (C=O) groups excluding carboxylic acids is 3. The number of fused-ring (bicyclic) bond motifs is 2. The third kappa shape index (κ3) is 2.68. The highest BCUT2D eigenvalue weighted by atomic mass is 35.5. The first kappa shape index (κ1) is 17.3. The molecule has 1 aliphatic heterocycles. The Labute approximate surface area is 161 Å². The van der Waals surface area contributed by atoms with Crippen molar-refractivity contribution in [2.75, 3.05) is 0 Å². The number of nitrogens with zero attached hydrogens (tertiary/aromatic N) is 1. The van der Waals surface area contributed by atoms with Crippen molar-refractivity contribution in [3.63, 3.8) is 0 Å². The molecule has 0 atom stereocenters. The second-order valence-corrected chi connectivity index (χ2v) is 6.49. The lowest BCUT2D eigenvalue weighted by Gasteiger charge is -2.12. The van der Waals surface area contributed by atoms with E-state index in [1.807, 2.05) is 0 Å². The fraction of sp³-hybridized carbons (Fsp3) is 0. The fourth-order valence-corrected chi connectivity index (χ4v) is 3.08. The summed E-state index contributed by atoms with van der Waals surface area (Å²) in [5.74, 6) is -2.72. The maximum atomic E-state index is 12.6. The number of amides is 2. The van der Waals surface area contributed by atoms with Crippen molar-refractivity contribution in [2.24, 2.45) is 0 Å². The first-order valence-corrected chi connectivity index (χ1v) is 8.34. The Bertz CT molecular complexity index is 1180. The van der Waals surface area contributed by atoms with Crippen LogP contribution in [0.3, 0.4) is 0 Å². The first-order chi connectivity index (χ1) is 12.9. The Morgan fingerprint density at radius 1 is 0.963 bits per heavy atom. The van der Waals surface area contributed by atoms with Gasteiger partial charge in [0.2, 0.25) is 5.43 Å². The summed E-state index contributed by atoms with van der Waals surface area (Å²) < 4.78 is 0. The average molecular weight is 403 g/mol. The highest BCUT2D eigenvalue weighted by molar-refractivity contribution is 6.42. The molecule has 2 heterocycles. The normalized spacial score (nSPS) is 13.2. The van der Waals surface area contributed by atoms with Crippen molar-refractivity contribution < 1.29 is 19.2 Å². The minimum absolute atomic E-state index is 0.112. The molecule has 1 aromatic heterocycles. The topological polar surface area (TPSA) is 96.5 Å². The van der Waals surface area contributed by atoms with Gasteiger partial charge in [0.15, 0.2) is 0 Å². The Hall–Kier alpha value is -3.16. The molecule has 27 heavy (non-hydrogen) atoms. The number of aromatic amines is 1. The number of benzene rings is 2. The SMILES string of the molecule is O=C(ON1C(=O)c2ccccc2C1=O)c1c[nH]c2cc(Cl)c(Cl)cc2c1=O. The fourth-order valence-electron chi connectivity index (χ4n) is 2.75. The maximum absolute atomic E-state index is 12.6. The van der Waals surface area contributed by atoms with Gasteiger partial charge >= 0.3 is 5.97 Å². The van der Waals surface area contributed by atoms with E-state index in [-0.39, 0.29) is 26.6 Å². The molecule has 0 radical (unpaired) electrons. The zero-order valence-corrected chi connectivity index (χ0v) is 14.8. The maximum Gasteiger partial charge on any atom is 0.369 e. The number of H-pyrrole nitrogens is 1. The number of hydrogen-bond acceptors (Lipinski definition) is 5. The van der Waals surface area contributed by atoms with Gasteiger partial charge in [-0.2, -0.15) is 0 Å². The molecule has 1 aliphatic rings. The minimum atomic E-state index is -1.15. The van der Waals surface area contributed by atoms with Crippen molar-refractivity contribution in [1.82, 2.24) is 10.0 Å². The lowest BCUT2D eigenvalue weighted by molar-refractivity contribution is -0.0585. The summed E-state index contributed by atoms with van der Waals surface area (Å²) in [7, 11) is 0. The smallest absolute Gasteiger partial charge is 0.360 e. The van der Waals surface area contributed by atoms with Gasteiger partial charge < -0.3 is 9.82 Å². The van der Waals surface area contributed by atoms with Gasteiger partial charge in [-0.3, -0.25) is 14.4 Å². The van der Waals surface area contributed by atoms with Gasteiger partial charge in [0.05, 0.1) is 26.7 Å². The molecular formula is C18H8Cl2N2O5. The lowest BCUT2D eigenvalue weighted by atomic mass is 10.1. The van der Waals surface area contributed by atoms with E-state index >= 15 is 0 Å². The van der Waals surface area contributed by atoms with Crippen LogP contribution in [0.15, 0.2) is 47.4 Å². The summed E-state index contributed by atoms with van der Waals surface area (Å²) in [6, 6.07) is 8.81. The van der Waals surface area contributed by atoms with Crippen LogP contribution >= 0.6 is 23.2 Å². The number of imide groups is 1. The standard InChI is InChI=1S/C18H8Cl2N2O5/c19-12-5-10-14(6-13(12)20)21-7-11(15(10)23)18(26)27-22-16(24)8-3-1-2-4-9(8)17(22)25/h1-7H,(H,21,23). The third-order valence-electron chi connectivity index (χ3n) is 4.07. The summed E-state index contributed by atoms with van der Waals surface area (Å²) in [6.45, 7) is 0. The summed E-state index contributed by atoms with van der Waals surface area (Å²) in [5, 5.41) is 0.828. The monoisotopic (exact) mass is 402 g/mol. The molecule has 0 saturated heterocycles. The Kier molecular flexibility index (Phi) is 3.98. The lowest BCUT2D eigenvalue weighted by Crippen LogP contribution is -2.34. The number of aromatic nitrogens is 1. The second-order valence-electron chi connectivity index (χ2n) is 5.67. The molecule has 4 rings (SSSR count). The van der Waals surface area contributed by atoms with Gasteiger partial charge in [-0.15, -0.1) is 0 Å². The summed E-state index contributed by atoms with van der Waals surface area (Å²) >= 11 is 11.8. The number of halogens is 2. The Morgan fingerprint density at radius 2 is 1.56 bits per heavy atom. The highest BCUT2D eigenvalue weighted by Crippen LogP contribution is 2.26. The molecular weight excluding hydrogens is 395 g/mol. The number of hydrogen-bond donors (Lipinski definition) is 1. The molecule has 0 bridgehead atoms. The van der Waals surface area contributed by atoms with Gasteiger partial charge in [-0.05, 0) is 24.3 Å². The number of hydroxylamine groups is 2. The number of nitrogens with one attached hydrogen (secondary N) is 1. The Morgan fingerprint density at radius 3 is 2.19 bits per heavy atom. The summed E-state index contributed by atoms with van der Waals surface area (Å²) in [4.78, 5) is 57.2. The van der Waals surface area contributed by atoms with Gasteiger partial charge in [0.1, 0.15) is 5.56 Å². The molecule has 9 heteroatoms. The van der Waals surface area contributed by atoms with E-state index in [4.69, 9.17) is 28.0 Å². The second kappa shape index (κ2) is 6.22. The molecule has 0 spiro atoms. The first-order valence-electron chi connectivity index (χ1n) is 7.59. The van der Waals surface area contributed by atoms with Crippen molar-refractivity contribution in [3.05, 3.63) is 79.6 Å². The van der Waals surface area contributed by atoms with E-state index in [9.17, 15) is 19.2 Å². The van der Waals surface area contributed by atoms with E-state index in [1.165, 1.54) is 24.3 Å². The molecule has 0 saturated carbocycles. The molecule has 134 valence electrons. The van der Waals surface area contributed by atoms with E-state index < -0.39 is 28.8 Å². The molecule has 7 nitrogen and oxygen atoms in total. The van der Waals surface area contributed by atoms with Crippen LogP contribution in [-0.2, 0) is 4.84 Å². The van der Waals surface area contributed by atoms with Crippen molar-refractivity contribution in [1.29, 1.82) is 0 Å². The van der Waals surface area contributed by atoms with Gasteiger partial charge in [0, 0.05) is 11.6 Å². The number of rotatable bonds is 2. The van der Waals surface area contributed by atoms with E-state index in [0.29, 0.717) is 10.6 Å². The van der Waals surface area contributed by atoms with E-state index in [0.717, 1.165) is 6.20 Å². The van der Waals surface area contributed by atoms with Crippen LogP contribution in [0.4, 0.5) is 0 Å². The predicted octanol–water partition coefficient (Wildman–Crippen LogP) is 3.20. The van der Waals surface area contributed by atoms with Crippen LogP contribution in [0.5, 0.6) is 0 Å². The predicted molar refractivity (Wildman–Crippen MR) is 96.9 cm³/mol. The molecule has 2 aromatic carbocycles. The molecule has 2 amide bonds. The van der Waals surface area contributed by atoms with Crippen LogP contribution < -0.4 is 5.43 Å². The highest BCUT2D eigenvalue weighted by Gasteiger charge is 2.39. The molecule has 1 N–H and O–H groups in total. The van der Waals surface area contributed by atoms with Crippen LogP contribution in [0.1, 0.15) is 31.1 Å². The minimum Gasteiger partial charge on any atom is -0.360 e. The average Bonchev–Trinajstić information content (AvgIpc) is 2.89. The zero-order valence-electron chi connectivity index (χ0n) is 13.3. The summed E-state index contributed by atoms with van der Waals surface area (Å²) in [6.07, 6.45) is 1.12. The van der Waals surface area contributed by atoms with Crippen molar-refractivity contribution in [3.8, 4) is 0 Å². The quantitative estimate of drug-likeness (QED) is 0.663. The Balaban J connectivity index is 1.69. The summed E-state index contributed by atoms with van der Waals surface area (Å²) in [5.41, 5.74) is -0.471. The van der Waals surface area contributed by atoms with E-state index in [1.54, 1.807) is 12.1 Å². The van der Waals surface area contributed by atoms with E-state index in [2.05, 4.69) is 4.98 Å². The number of pyridine rings is 1. The van der Waals surface area contributed by atoms with Crippen LogP contribution in [-0.4, -0.2) is 27.8 Å². The molecule has 0 aliphatic carbocycles.